The molecule has 1 N–H and O–H groups in total. The van der Waals surface area contributed by atoms with Crippen molar-refractivity contribution >= 4 is 15.9 Å². The molecule has 0 fully saturated rings. The van der Waals surface area contributed by atoms with Crippen LogP contribution >= 0.6 is 15.9 Å². The lowest BCUT2D eigenvalue weighted by atomic mass is 9.93. The van der Waals surface area contributed by atoms with E-state index in [2.05, 4.69) is 39.2 Å². The van der Waals surface area contributed by atoms with E-state index < -0.39 is 0 Å². The Kier molecular flexibility index (Phi) is 6.33. The Labute approximate surface area is 133 Å². The van der Waals surface area contributed by atoms with Crippen LogP contribution in [0.3, 0.4) is 0 Å². The van der Waals surface area contributed by atoms with Crippen LogP contribution in [0.4, 0.5) is 4.39 Å². The van der Waals surface area contributed by atoms with Crippen LogP contribution < -0.4 is 5.32 Å². The lowest BCUT2D eigenvalue weighted by molar-refractivity contribution is 0.466. The van der Waals surface area contributed by atoms with Gasteiger partial charge in [0.05, 0.1) is 0 Å². The monoisotopic (exact) mass is 350 g/mol. The van der Waals surface area contributed by atoms with Crippen molar-refractivity contribution < 1.29 is 4.39 Å². The molecule has 1 aromatic carbocycles. The second kappa shape index (κ2) is 8.25. The number of hydrogen-bond donors (Lipinski definition) is 1. The van der Waals surface area contributed by atoms with Crippen molar-refractivity contribution in [1.82, 2.24) is 10.3 Å². The van der Waals surface area contributed by atoms with Crippen LogP contribution in [0, 0.1) is 11.7 Å². The summed E-state index contributed by atoms with van der Waals surface area (Å²) in [5.74, 6) is 0.226. The molecule has 0 spiro atoms. The van der Waals surface area contributed by atoms with Crippen molar-refractivity contribution in [1.29, 1.82) is 0 Å². The highest BCUT2D eigenvalue weighted by atomic mass is 79.9. The largest absolute Gasteiger partial charge is 0.317 e. The minimum atomic E-state index is -0.119. The van der Waals surface area contributed by atoms with Crippen molar-refractivity contribution in [2.45, 2.75) is 19.8 Å². The number of rotatable bonds is 7. The molecule has 0 bridgehead atoms. The lowest BCUT2D eigenvalue weighted by Gasteiger charge is -2.18. The third-order valence-electron chi connectivity index (χ3n) is 3.44. The van der Waals surface area contributed by atoms with Gasteiger partial charge in [-0.25, -0.2) is 4.39 Å². The van der Waals surface area contributed by atoms with Crippen molar-refractivity contribution in [3.8, 4) is 0 Å². The molecule has 2 rings (SSSR count). The van der Waals surface area contributed by atoms with Crippen LogP contribution in [0.25, 0.3) is 0 Å². The summed E-state index contributed by atoms with van der Waals surface area (Å²) >= 11 is 3.45. The maximum Gasteiger partial charge on any atom is 0.126 e. The lowest BCUT2D eigenvalue weighted by Crippen LogP contribution is -2.26. The van der Waals surface area contributed by atoms with E-state index in [4.69, 9.17) is 0 Å². The van der Waals surface area contributed by atoms with Crippen LogP contribution in [-0.4, -0.2) is 18.1 Å². The molecule has 1 aromatic heterocycles. The Morgan fingerprint density at radius 3 is 2.76 bits per heavy atom. The number of benzene rings is 1. The van der Waals surface area contributed by atoms with Crippen LogP contribution in [0.15, 0.2) is 47.2 Å². The number of nitrogens with zero attached hydrogens (tertiary/aromatic N) is 1. The van der Waals surface area contributed by atoms with Gasteiger partial charge in [-0.15, -0.1) is 0 Å². The third-order valence-corrected chi connectivity index (χ3v) is 3.87. The minimum absolute atomic E-state index is 0.119. The van der Waals surface area contributed by atoms with Gasteiger partial charge in [-0.2, -0.15) is 0 Å². The van der Waals surface area contributed by atoms with Crippen LogP contribution in [0.1, 0.15) is 18.1 Å². The fourth-order valence-electron chi connectivity index (χ4n) is 2.44. The number of nitrogens with one attached hydrogen (secondary N) is 1. The topological polar surface area (TPSA) is 24.9 Å². The zero-order valence-corrected chi connectivity index (χ0v) is 13.7. The first-order valence-corrected chi connectivity index (χ1v) is 8.02. The summed E-state index contributed by atoms with van der Waals surface area (Å²) < 4.78 is 14.8. The first kappa shape index (κ1) is 16.1. The smallest absolute Gasteiger partial charge is 0.126 e. The fraction of sp³-hybridized carbons (Fsp3) is 0.353. The molecule has 0 aliphatic heterocycles. The quantitative estimate of drug-likeness (QED) is 0.816. The molecule has 1 unspecified atom stereocenters. The molecule has 2 nitrogen and oxygen atoms in total. The molecule has 1 heterocycles. The fourth-order valence-corrected chi connectivity index (χ4v) is 2.85. The van der Waals surface area contributed by atoms with E-state index in [-0.39, 0.29) is 5.82 Å². The average Bonchev–Trinajstić information content (AvgIpc) is 2.47. The van der Waals surface area contributed by atoms with E-state index in [1.807, 2.05) is 18.3 Å². The van der Waals surface area contributed by atoms with Gasteiger partial charge >= 0.3 is 0 Å². The molecular weight excluding hydrogens is 331 g/mol. The molecule has 0 radical (unpaired) electrons. The van der Waals surface area contributed by atoms with E-state index in [0.29, 0.717) is 5.92 Å². The third kappa shape index (κ3) is 5.21. The molecule has 0 amide bonds. The van der Waals surface area contributed by atoms with Gasteiger partial charge in [-0.1, -0.05) is 25.1 Å². The van der Waals surface area contributed by atoms with Crippen LogP contribution in [0.2, 0.25) is 0 Å². The van der Waals surface area contributed by atoms with Crippen LogP contribution in [0.5, 0.6) is 0 Å². The number of pyridine rings is 1. The summed E-state index contributed by atoms with van der Waals surface area (Å²) in [6.45, 7) is 3.88. The Morgan fingerprint density at radius 1 is 1.24 bits per heavy atom. The van der Waals surface area contributed by atoms with Crippen molar-refractivity contribution in [3.63, 3.8) is 0 Å². The summed E-state index contributed by atoms with van der Waals surface area (Å²) in [6.07, 6.45) is 5.27. The first-order chi connectivity index (χ1) is 10.2. The Balaban J connectivity index is 2.09. The van der Waals surface area contributed by atoms with Gasteiger partial charge in [0.2, 0.25) is 0 Å². The van der Waals surface area contributed by atoms with E-state index in [1.54, 1.807) is 12.3 Å². The molecule has 0 aliphatic rings. The van der Waals surface area contributed by atoms with Gasteiger partial charge in [0.15, 0.2) is 0 Å². The molecule has 112 valence electrons. The molecule has 21 heavy (non-hydrogen) atoms. The van der Waals surface area contributed by atoms with Gasteiger partial charge in [0.1, 0.15) is 5.82 Å². The van der Waals surface area contributed by atoms with E-state index in [1.165, 1.54) is 11.6 Å². The Morgan fingerprint density at radius 2 is 2.05 bits per heavy atom. The molecule has 1 atom stereocenters. The van der Waals surface area contributed by atoms with Crippen LogP contribution in [-0.2, 0) is 12.8 Å². The zero-order chi connectivity index (χ0) is 15.1. The first-order valence-electron chi connectivity index (χ1n) is 7.22. The number of hydrogen-bond acceptors (Lipinski definition) is 2. The molecule has 0 saturated carbocycles. The number of halogens is 2. The molecular formula is C17H20BrFN2. The summed E-state index contributed by atoms with van der Waals surface area (Å²) in [5, 5.41) is 3.37. The van der Waals surface area contributed by atoms with Gasteiger partial charge in [0.25, 0.3) is 0 Å². The Bertz CT molecular complexity index is 574. The van der Waals surface area contributed by atoms with Gasteiger partial charge in [0, 0.05) is 16.9 Å². The summed E-state index contributed by atoms with van der Waals surface area (Å²) in [4.78, 5) is 4.20. The molecule has 0 aliphatic carbocycles. The average molecular weight is 351 g/mol. The minimum Gasteiger partial charge on any atom is -0.317 e. The standard InChI is InChI=1S/C17H20BrFN2/c1-2-20-10-13(7-14-9-16(18)12-21-11-14)8-15-5-3-4-6-17(15)19/h3-6,9,11-13,20H,2,7-8,10H2,1H3. The van der Waals surface area contributed by atoms with E-state index in [9.17, 15) is 4.39 Å². The van der Waals surface area contributed by atoms with Crippen molar-refractivity contribution in [3.05, 3.63) is 64.1 Å². The molecule has 0 saturated heterocycles. The highest BCUT2D eigenvalue weighted by molar-refractivity contribution is 9.10. The van der Waals surface area contributed by atoms with Crippen molar-refractivity contribution in [2.24, 2.45) is 5.92 Å². The van der Waals surface area contributed by atoms with Crippen molar-refractivity contribution in [2.75, 3.05) is 13.1 Å². The summed E-state index contributed by atoms with van der Waals surface area (Å²) in [6, 6.07) is 9.10. The van der Waals surface area contributed by atoms with Gasteiger partial charge in [-0.05, 0) is 71.0 Å². The maximum atomic E-state index is 13.8. The molecule has 2 aromatic rings. The van der Waals surface area contributed by atoms with E-state index in [0.717, 1.165) is 36.0 Å². The highest BCUT2D eigenvalue weighted by Crippen LogP contribution is 2.18. The van der Waals surface area contributed by atoms with Gasteiger partial charge in [-0.3, -0.25) is 4.98 Å². The highest BCUT2D eigenvalue weighted by Gasteiger charge is 2.13. The Hall–Kier alpha value is -1.26. The second-order valence-electron chi connectivity index (χ2n) is 5.18. The maximum absolute atomic E-state index is 13.8. The molecule has 4 heteroatoms. The second-order valence-corrected chi connectivity index (χ2v) is 6.10. The predicted molar refractivity (Wildman–Crippen MR) is 87.8 cm³/mol. The SMILES string of the molecule is CCNCC(Cc1cncc(Br)c1)Cc1ccccc1F. The van der Waals surface area contributed by atoms with E-state index >= 15 is 0 Å². The van der Waals surface area contributed by atoms with Gasteiger partial charge < -0.3 is 5.32 Å². The normalized spacial score (nSPS) is 12.3. The zero-order valence-electron chi connectivity index (χ0n) is 12.2. The predicted octanol–water partition coefficient (Wildman–Crippen LogP) is 3.99. The summed E-state index contributed by atoms with van der Waals surface area (Å²) in [5.41, 5.74) is 1.95. The summed E-state index contributed by atoms with van der Waals surface area (Å²) in [7, 11) is 0. The number of aromatic nitrogens is 1.